The van der Waals surface area contributed by atoms with Crippen LogP contribution >= 0.6 is 0 Å². The molecule has 1 aromatic heterocycles. The lowest BCUT2D eigenvalue weighted by Gasteiger charge is -2.49. The molecule has 2 atom stereocenters. The number of rotatable bonds is 3. The van der Waals surface area contributed by atoms with Crippen molar-refractivity contribution in [3.8, 4) is 11.5 Å². The van der Waals surface area contributed by atoms with Gasteiger partial charge in [-0.3, -0.25) is 9.69 Å². The number of hydrogen-bond acceptors (Lipinski definition) is 6. The molecular formula is C22H26N4O3. The first kappa shape index (κ1) is 18.2. The summed E-state index contributed by atoms with van der Waals surface area (Å²) in [7, 11) is 0. The molecule has 1 aromatic carbocycles. The molecule has 2 fully saturated rings. The number of ether oxygens (including phenoxy) is 2. The van der Waals surface area contributed by atoms with E-state index in [9.17, 15) is 4.79 Å². The van der Waals surface area contributed by atoms with Crippen LogP contribution in [-0.4, -0.2) is 78.2 Å². The maximum Gasteiger partial charge on any atom is 0.267 e. The molecule has 3 aliphatic heterocycles. The monoisotopic (exact) mass is 394 g/mol. The molecule has 0 aliphatic carbocycles. The number of para-hydroxylation sites is 2. The normalized spacial score (nSPS) is 24.9. The highest BCUT2D eigenvalue weighted by molar-refractivity contribution is 5.83. The molecule has 1 amide bonds. The number of hydrogen-bond donors (Lipinski definition) is 0. The van der Waals surface area contributed by atoms with E-state index < -0.39 is 6.10 Å². The summed E-state index contributed by atoms with van der Waals surface area (Å²) in [4.78, 5) is 24.1. The van der Waals surface area contributed by atoms with Crippen LogP contribution in [0.15, 0.2) is 48.7 Å². The van der Waals surface area contributed by atoms with Crippen LogP contribution in [0, 0.1) is 0 Å². The van der Waals surface area contributed by atoms with Crippen molar-refractivity contribution in [2.45, 2.75) is 25.2 Å². The molecule has 7 nitrogen and oxygen atoms in total. The summed E-state index contributed by atoms with van der Waals surface area (Å²) in [5.74, 6) is 2.42. The van der Waals surface area contributed by atoms with E-state index in [1.54, 1.807) is 0 Å². The molecule has 2 aromatic rings. The topological polar surface area (TPSA) is 58.1 Å². The quantitative estimate of drug-likeness (QED) is 0.789. The van der Waals surface area contributed by atoms with Gasteiger partial charge >= 0.3 is 0 Å². The van der Waals surface area contributed by atoms with E-state index in [1.165, 1.54) is 0 Å². The van der Waals surface area contributed by atoms with E-state index in [-0.39, 0.29) is 12.0 Å². The molecule has 29 heavy (non-hydrogen) atoms. The zero-order valence-corrected chi connectivity index (χ0v) is 16.6. The van der Waals surface area contributed by atoms with E-state index in [1.807, 2.05) is 54.4 Å². The highest BCUT2D eigenvalue weighted by atomic mass is 16.6. The maximum atomic E-state index is 13.0. The van der Waals surface area contributed by atoms with E-state index in [4.69, 9.17) is 9.47 Å². The molecule has 0 radical (unpaired) electrons. The minimum absolute atomic E-state index is 0.0235. The van der Waals surface area contributed by atoms with E-state index >= 15 is 0 Å². The van der Waals surface area contributed by atoms with E-state index in [0.717, 1.165) is 45.1 Å². The van der Waals surface area contributed by atoms with Crippen molar-refractivity contribution in [1.82, 2.24) is 14.8 Å². The average Bonchev–Trinajstić information content (AvgIpc) is 2.73. The first-order chi connectivity index (χ1) is 14.2. The Morgan fingerprint density at radius 2 is 1.66 bits per heavy atom. The summed E-state index contributed by atoms with van der Waals surface area (Å²) < 4.78 is 11.9. The highest BCUT2D eigenvalue weighted by Crippen LogP contribution is 2.34. The predicted molar refractivity (Wildman–Crippen MR) is 109 cm³/mol. The summed E-state index contributed by atoms with van der Waals surface area (Å²) in [6.07, 6.45) is 0.971. The largest absolute Gasteiger partial charge is 0.482 e. The molecule has 2 saturated heterocycles. The molecule has 2 unspecified atom stereocenters. The fourth-order valence-electron chi connectivity index (χ4n) is 4.29. The molecule has 4 heterocycles. The Labute approximate surface area is 170 Å². The summed E-state index contributed by atoms with van der Waals surface area (Å²) in [6, 6.07) is 14.0. The van der Waals surface area contributed by atoms with E-state index in [2.05, 4.69) is 20.9 Å². The van der Waals surface area contributed by atoms with Crippen LogP contribution in [0.2, 0.25) is 0 Å². The van der Waals surface area contributed by atoms with Gasteiger partial charge in [-0.05, 0) is 31.2 Å². The summed E-state index contributed by atoms with van der Waals surface area (Å²) >= 11 is 0. The number of piperazine rings is 1. The van der Waals surface area contributed by atoms with Crippen LogP contribution in [0.4, 0.5) is 5.82 Å². The lowest BCUT2D eigenvalue weighted by Crippen LogP contribution is -2.66. The van der Waals surface area contributed by atoms with Crippen LogP contribution in [0.1, 0.15) is 6.92 Å². The second-order valence-electron chi connectivity index (χ2n) is 7.92. The lowest BCUT2D eigenvalue weighted by atomic mass is 10.0. The van der Waals surface area contributed by atoms with Gasteiger partial charge in [0.05, 0.1) is 0 Å². The number of carbonyl (C=O) groups excluding carboxylic acids is 1. The molecule has 7 heteroatoms. The Kier molecular flexibility index (Phi) is 4.75. The summed E-state index contributed by atoms with van der Waals surface area (Å²) in [5, 5.41) is 0. The Morgan fingerprint density at radius 1 is 0.966 bits per heavy atom. The lowest BCUT2D eigenvalue weighted by molar-refractivity contribution is -0.152. The van der Waals surface area contributed by atoms with Crippen molar-refractivity contribution >= 4 is 11.7 Å². The number of fused-ring (bicyclic) bond motifs is 1. The smallest absolute Gasteiger partial charge is 0.267 e. The minimum Gasteiger partial charge on any atom is -0.482 e. The van der Waals surface area contributed by atoms with Gasteiger partial charge in [-0.25, -0.2) is 4.98 Å². The number of likely N-dealkylation sites (tertiary alicyclic amines) is 1. The maximum absolute atomic E-state index is 13.0. The van der Waals surface area contributed by atoms with Crippen molar-refractivity contribution in [2.75, 3.05) is 44.2 Å². The molecule has 0 saturated carbocycles. The number of nitrogens with zero attached hydrogens (tertiary/aromatic N) is 4. The van der Waals surface area contributed by atoms with Crippen LogP contribution in [0.5, 0.6) is 11.5 Å². The van der Waals surface area contributed by atoms with Gasteiger partial charge in [-0.1, -0.05) is 18.2 Å². The van der Waals surface area contributed by atoms with Crippen molar-refractivity contribution in [3.05, 3.63) is 48.7 Å². The SMILES string of the molecule is CC1Oc2ccccc2OC1C(=O)N1CC(N2CCN(c3ccccn3)CC2)C1. The van der Waals surface area contributed by atoms with Crippen molar-refractivity contribution in [3.63, 3.8) is 0 Å². The fraction of sp³-hybridized carbons (Fsp3) is 0.455. The second-order valence-corrected chi connectivity index (χ2v) is 7.92. The number of aromatic nitrogens is 1. The van der Waals surface area contributed by atoms with Crippen LogP contribution < -0.4 is 14.4 Å². The van der Waals surface area contributed by atoms with E-state index in [0.29, 0.717) is 17.5 Å². The number of pyridine rings is 1. The van der Waals surface area contributed by atoms with Crippen molar-refractivity contribution in [2.24, 2.45) is 0 Å². The highest BCUT2D eigenvalue weighted by Gasteiger charge is 2.43. The third-order valence-corrected chi connectivity index (χ3v) is 6.06. The van der Waals surface area contributed by atoms with Gasteiger partial charge in [0.25, 0.3) is 5.91 Å². The van der Waals surface area contributed by atoms with Crippen LogP contribution in [0.3, 0.4) is 0 Å². The van der Waals surface area contributed by atoms with Gasteiger partial charge in [0.15, 0.2) is 11.5 Å². The van der Waals surface area contributed by atoms with Gasteiger partial charge in [0.2, 0.25) is 6.10 Å². The Morgan fingerprint density at radius 3 is 2.34 bits per heavy atom. The third kappa shape index (κ3) is 3.51. The van der Waals surface area contributed by atoms with Gasteiger partial charge in [-0.2, -0.15) is 0 Å². The Balaban J connectivity index is 1.13. The number of amides is 1. The summed E-state index contributed by atoms with van der Waals surface area (Å²) in [5.41, 5.74) is 0. The van der Waals surface area contributed by atoms with Crippen LogP contribution in [0.25, 0.3) is 0 Å². The first-order valence-electron chi connectivity index (χ1n) is 10.3. The molecule has 0 spiro atoms. The fourth-order valence-corrected chi connectivity index (χ4v) is 4.29. The third-order valence-electron chi connectivity index (χ3n) is 6.06. The summed E-state index contributed by atoms with van der Waals surface area (Å²) in [6.45, 7) is 7.34. The molecule has 0 bridgehead atoms. The molecule has 152 valence electrons. The molecular weight excluding hydrogens is 368 g/mol. The van der Waals surface area contributed by atoms with Crippen LogP contribution in [-0.2, 0) is 4.79 Å². The number of carbonyl (C=O) groups is 1. The second kappa shape index (κ2) is 7.55. The van der Waals surface area contributed by atoms with Gasteiger partial charge in [0, 0.05) is 51.5 Å². The van der Waals surface area contributed by atoms with Crippen molar-refractivity contribution in [1.29, 1.82) is 0 Å². The zero-order chi connectivity index (χ0) is 19.8. The predicted octanol–water partition coefficient (Wildman–Crippen LogP) is 1.64. The average molecular weight is 394 g/mol. The number of benzene rings is 1. The standard InChI is InChI=1S/C22H26N4O3/c1-16-21(29-19-7-3-2-6-18(19)28-16)22(27)26-14-17(15-26)24-10-12-25(13-11-24)20-8-4-5-9-23-20/h2-9,16-17,21H,10-15H2,1H3. The number of anilines is 1. The molecule has 0 N–H and O–H groups in total. The Bertz CT molecular complexity index is 863. The minimum atomic E-state index is -0.577. The zero-order valence-electron chi connectivity index (χ0n) is 16.6. The molecule has 5 rings (SSSR count). The van der Waals surface area contributed by atoms with Gasteiger partial charge < -0.3 is 19.3 Å². The Hall–Kier alpha value is -2.80. The van der Waals surface area contributed by atoms with Crippen molar-refractivity contribution < 1.29 is 14.3 Å². The first-order valence-corrected chi connectivity index (χ1v) is 10.3. The van der Waals surface area contributed by atoms with Gasteiger partial charge in [0.1, 0.15) is 11.9 Å². The van der Waals surface area contributed by atoms with Gasteiger partial charge in [-0.15, -0.1) is 0 Å². The molecule has 3 aliphatic rings.